The molecule has 0 saturated heterocycles. The number of rotatable bonds is 1. The number of halogens is 1. The Kier molecular flexibility index (Phi) is 3.29. The second kappa shape index (κ2) is 4.95. The van der Waals surface area contributed by atoms with E-state index in [1.54, 1.807) is 0 Å². The van der Waals surface area contributed by atoms with E-state index in [0.29, 0.717) is 17.8 Å². The maximum atomic E-state index is 13.3. The van der Waals surface area contributed by atoms with Crippen LogP contribution in [-0.4, -0.2) is 16.8 Å². The zero-order valence-corrected chi connectivity index (χ0v) is 11.5. The molecule has 3 rings (SSSR count). The van der Waals surface area contributed by atoms with Crippen molar-refractivity contribution in [2.45, 2.75) is 51.6 Å². The number of nitrogens with zero attached hydrogens (tertiary/aromatic N) is 1. The minimum Gasteiger partial charge on any atom is -0.349 e. The molecule has 1 aromatic rings. The third-order valence-corrected chi connectivity index (χ3v) is 4.67. The highest BCUT2D eigenvalue weighted by molar-refractivity contribution is 6.00. The van der Waals surface area contributed by atoms with E-state index in [9.17, 15) is 4.39 Å². The molecule has 1 heterocycles. The zero-order chi connectivity index (χ0) is 13.4. The number of nitrogens with one attached hydrogen (secondary N) is 1. The third kappa shape index (κ3) is 2.26. The Labute approximate surface area is 114 Å². The van der Waals surface area contributed by atoms with Crippen LogP contribution in [0.3, 0.4) is 0 Å². The molecule has 0 spiro atoms. The minimum absolute atomic E-state index is 0.237. The lowest BCUT2D eigenvalue weighted by atomic mass is 9.95. The summed E-state index contributed by atoms with van der Waals surface area (Å²) in [6, 6.07) is 5.30. The van der Waals surface area contributed by atoms with Crippen LogP contribution >= 0.6 is 0 Å². The third-order valence-electron chi connectivity index (χ3n) is 4.67. The summed E-state index contributed by atoms with van der Waals surface area (Å²) in [5.74, 6) is 0.912. The molecule has 2 atom stereocenters. The van der Waals surface area contributed by atoms with E-state index in [4.69, 9.17) is 5.41 Å². The minimum atomic E-state index is -0.237. The van der Waals surface area contributed by atoms with E-state index in [-0.39, 0.29) is 5.82 Å². The summed E-state index contributed by atoms with van der Waals surface area (Å²) in [6.07, 6.45) is 6.28. The summed E-state index contributed by atoms with van der Waals surface area (Å²) in [5.41, 5.74) is 1.89. The molecule has 0 bridgehead atoms. The smallest absolute Gasteiger partial charge is 0.129 e. The van der Waals surface area contributed by atoms with Crippen LogP contribution in [0.25, 0.3) is 0 Å². The van der Waals surface area contributed by atoms with Crippen LogP contribution in [0.5, 0.6) is 0 Å². The SMILES string of the molecule is CC1CCCCCC1N1Cc2ccc(F)cc2C1=N. The molecule has 0 radical (unpaired) electrons. The van der Waals surface area contributed by atoms with Crippen LogP contribution in [-0.2, 0) is 6.54 Å². The molecule has 2 aliphatic rings. The normalized spacial score (nSPS) is 27.3. The molecule has 0 aromatic heterocycles. The molecule has 0 amide bonds. The van der Waals surface area contributed by atoms with Gasteiger partial charge in [-0.25, -0.2) is 4.39 Å². The quantitative estimate of drug-likeness (QED) is 0.761. The van der Waals surface area contributed by atoms with Crippen LogP contribution in [0.15, 0.2) is 18.2 Å². The van der Waals surface area contributed by atoms with E-state index in [1.165, 1.54) is 44.2 Å². The lowest BCUT2D eigenvalue weighted by Gasteiger charge is -2.33. The average Bonchev–Trinajstić information content (AvgIpc) is 2.58. The second-order valence-electron chi connectivity index (χ2n) is 5.96. The molecule has 102 valence electrons. The molecule has 1 aromatic carbocycles. The maximum absolute atomic E-state index is 13.3. The monoisotopic (exact) mass is 260 g/mol. The number of hydrogen-bond acceptors (Lipinski definition) is 1. The van der Waals surface area contributed by atoms with Gasteiger partial charge in [0.1, 0.15) is 11.7 Å². The molecule has 2 unspecified atom stereocenters. The van der Waals surface area contributed by atoms with Crippen LogP contribution in [0.2, 0.25) is 0 Å². The van der Waals surface area contributed by atoms with Gasteiger partial charge < -0.3 is 4.90 Å². The lowest BCUT2D eigenvalue weighted by molar-refractivity contribution is 0.225. The fourth-order valence-corrected chi connectivity index (χ4v) is 3.54. The Morgan fingerprint density at radius 3 is 2.84 bits per heavy atom. The molecule has 1 saturated carbocycles. The Morgan fingerprint density at radius 2 is 2.00 bits per heavy atom. The number of hydrogen-bond donors (Lipinski definition) is 1. The standard InChI is InChI=1S/C16H21FN2/c1-11-5-3-2-4-6-15(11)19-10-12-7-8-13(17)9-14(12)16(19)18/h7-9,11,15,18H,2-6,10H2,1H3. The zero-order valence-electron chi connectivity index (χ0n) is 11.5. The first-order valence-electron chi connectivity index (χ1n) is 7.31. The number of amidine groups is 1. The van der Waals surface area contributed by atoms with Gasteiger partial charge in [0.25, 0.3) is 0 Å². The van der Waals surface area contributed by atoms with Gasteiger partial charge in [0.15, 0.2) is 0 Å². The van der Waals surface area contributed by atoms with E-state index in [1.807, 2.05) is 6.07 Å². The Hall–Kier alpha value is -1.38. The summed E-state index contributed by atoms with van der Waals surface area (Å²) in [6.45, 7) is 3.08. The highest BCUT2D eigenvalue weighted by Crippen LogP contribution is 2.33. The van der Waals surface area contributed by atoms with Crippen molar-refractivity contribution in [1.29, 1.82) is 5.41 Å². The van der Waals surface area contributed by atoms with Crippen molar-refractivity contribution in [2.24, 2.45) is 5.92 Å². The average molecular weight is 260 g/mol. The first-order valence-corrected chi connectivity index (χ1v) is 7.31. The van der Waals surface area contributed by atoms with Crippen LogP contribution in [0.1, 0.15) is 50.2 Å². The van der Waals surface area contributed by atoms with Gasteiger partial charge in [-0.1, -0.05) is 32.3 Å². The molecule has 1 fully saturated rings. The highest BCUT2D eigenvalue weighted by Gasteiger charge is 2.33. The first kappa shape index (κ1) is 12.6. The van der Waals surface area contributed by atoms with Gasteiger partial charge in [0.05, 0.1) is 0 Å². The predicted octanol–water partition coefficient (Wildman–Crippen LogP) is 3.94. The fraction of sp³-hybridized carbons (Fsp3) is 0.562. The molecular weight excluding hydrogens is 239 g/mol. The molecule has 2 nitrogen and oxygen atoms in total. The second-order valence-corrected chi connectivity index (χ2v) is 5.96. The van der Waals surface area contributed by atoms with Crippen LogP contribution in [0.4, 0.5) is 4.39 Å². The summed E-state index contributed by atoms with van der Waals surface area (Å²) in [7, 11) is 0. The molecule has 1 aliphatic heterocycles. The Morgan fingerprint density at radius 1 is 1.21 bits per heavy atom. The molecule has 3 heteroatoms. The van der Waals surface area contributed by atoms with Gasteiger partial charge in [-0.15, -0.1) is 0 Å². The van der Waals surface area contributed by atoms with Crippen LogP contribution < -0.4 is 0 Å². The Balaban J connectivity index is 1.86. The van der Waals surface area contributed by atoms with Gasteiger partial charge >= 0.3 is 0 Å². The number of benzene rings is 1. The summed E-state index contributed by atoms with van der Waals surface area (Å²) < 4.78 is 13.3. The summed E-state index contributed by atoms with van der Waals surface area (Å²) in [4.78, 5) is 2.19. The van der Waals surface area contributed by atoms with Crippen molar-refractivity contribution in [2.75, 3.05) is 0 Å². The van der Waals surface area contributed by atoms with E-state index in [2.05, 4.69) is 11.8 Å². The van der Waals surface area contributed by atoms with Crippen molar-refractivity contribution in [3.8, 4) is 0 Å². The predicted molar refractivity (Wildman–Crippen MR) is 74.8 cm³/mol. The molecule has 19 heavy (non-hydrogen) atoms. The van der Waals surface area contributed by atoms with Crippen LogP contribution in [0, 0.1) is 17.1 Å². The molecular formula is C16H21FN2. The Bertz CT molecular complexity index is 498. The topological polar surface area (TPSA) is 27.1 Å². The van der Waals surface area contributed by atoms with Gasteiger partial charge in [0, 0.05) is 18.2 Å². The lowest BCUT2D eigenvalue weighted by Crippen LogP contribution is -2.39. The summed E-state index contributed by atoms with van der Waals surface area (Å²) >= 11 is 0. The van der Waals surface area contributed by atoms with E-state index >= 15 is 0 Å². The highest BCUT2D eigenvalue weighted by atomic mass is 19.1. The van der Waals surface area contributed by atoms with E-state index < -0.39 is 0 Å². The largest absolute Gasteiger partial charge is 0.349 e. The van der Waals surface area contributed by atoms with Crippen molar-refractivity contribution in [3.05, 3.63) is 35.1 Å². The van der Waals surface area contributed by atoms with Crippen molar-refractivity contribution >= 4 is 5.84 Å². The van der Waals surface area contributed by atoms with Crippen molar-refractivity contribution in [1.82, 2.24) is 4.90 Å². The van der Waals surface area contributed by atoms with Gasteiger partial charge in [0.2, 0.25) is 0 Å². The van der Waals surface area contributed by atoms with Gasteiger partial charge in [-0.05, 0) is 36.5 Å². The van der Waals surface area contributed by atoms with Crippen molar-refractivity contribution in [3.63, 3.8) is 0 Å². The maximum Gasteiger partial charge on any atom is 0.129 e. The first-order chi connectivity index (χ1) is 9.16. The number of fused-ring (bicyclic) bond motifs is 1. The van der Waals surface area contributed by atoms with Gasteiger partial charge in [-0.2, -0.15) is 0 Å². The molecule has 1 aliphatic carbocycles. The summed E-state index contributed by atoms with van der Waals surface area (Å²) in [5, 5.41) is 8.34. The van der Waals surface area contributed by atoms with Crippen molar-refractivity contribution < 1.29 is 4.39 Å². The fourth-order valence-electron chi connectivity index (χ4n) is 3.54. The van der Waals surface area contributed by atoms with Gasteiger partial charge in [-0.3, -0.25) is 5.41 Å². The van der Waals surface area contributed by atoms with E-state index in [0.717, 1.165) is 17.7 Å². The molecule has 1 N–H and O–H groups in total.